The van der Waals surface area contributed by atoms with Crippen molar-refractivity contribution in [3.63, 3.8) is 0 Å². The normalized spacial score (nSPS) is 10.5. The highest BCUT2D eigenvalue weighted by Gasteiger charge is 2.04. The van der Waals surface area contributed by atoms with Gasteiger partial charge in [-0.3, -0.25) is 4.79 Å². The maximum Gasteiger partial charge on any atom is 0.305 e. The number of hydrogen-bond donors (Lipinski definition) is 0. The number of rotatable bonds is 7. The van der Waals surface area contributed by atoms with Crippen LogP contribution in [0.25, 0.3) is 0 Å². The second-order valence-corrected chi connectivity index (χ2v) is 4.13. The van der Waals surface area contributed by atoms with Gasteiger partial charge in [0.2, 0.25) is 0 Å². The van der Waals surface area contributed by atoms with E-state index in [2.05, 4.69) is 24.1 Å². The van der Waals surface area contributed by atoms with Crippen LogP contribution in [0.2, 0.25) is 0 Å². The molecule has 0 bridgehead atoms. The minimum absolute atomic E-state index is 0.0967. The van der Waals surface area contributed by atoms with Crippen LogP contribution in [0.15, 0.2) is 30.3 Å². The molecule has 0 aliphatic rings. The number of ether oxygens (including phenoxy) is 1. The average Bonchev–Trinajstić information content (AvgIpc) is 2.30. The van der Waals surface area contributed by atoms with Crippen LogP contribution in [0.3, 0.4) is 0 Å². The van der Waals surface area contributed by atoms with Crippen LogP contribution in [0.4, 0.5) is 0 Å². The molecule has 0 unspecified atom stereocenters. The van der Waals surface area contributed by atoms with Gasteiger partial charge in [0, 0.05) is 13.0 Å². The van der Waals surface area contributed by atoms with Crippen molar-refractivity contribution >= 4 is 5.97 Å². The molecule has 0 heterocycles. The molecule has 0 amide bonds. The molecule has 0 atom stereocenters. The number of hydrogen-bond acceptors (Lipinski definition) is 3. The second-order valence-electron chi connectivity index (χ2n) is 4.13. The summed E-state index contributed by atoms with van der Waals surface area (Å²) in [4.78, 5) is 13.4. The zero-order valence-electron chi connectivity index (χ0n) is 10.7. The molecule has 0 aliphatic carbocycles. The third kappa shape index (κ3) is 6.07. The van der Waals surface area contributed by atoms with E-state index in [1.54, 1.807) is 0 Å². The Kier molecular flexibility index (Phi) is 6.33. The van der Waals surface area contributed by atoms with E-state index in [0.717, 1.165) is 19.5 Å². The van der Waals surface area contributed by atoms with Crippen molar-refractivity contribution in [1.29, 1.82) is 0 Å². The first-order chi connectivity index (χ1) is 8.22. The number of carbonyl (C=O) groups is 1. The molecule has 1 aromatic carbocycles. The van der Waals surface area contributed by atoms with Gasteiger partial charge >= 0.3 is 5.97 Å². The lowest BCUT2D eigenvalue weighted by Gasteiger charge is -2.16. The third-order valence-electron chi connectivity index (χ3n) is 2.52. The fourth-order valence-corrected chi connectivity index (χ4v) is 1.70. The molecule has 0 saturated carbocycles. The highest BCUT2D eigenvalue weighted by Crippen LogP contribution is 2.04. The molecule has 0 spiro atoms. The average molecular weight is 235 g/mol. The summed E-state index contributed by atoms with van der Waals surface area (Å²) >= 11 is 0. The molecule has 0 fully saturated rings. The van der Waals surface area contributed by atoms with Crippen molar-refractivity contribution in [1.82, 2.24) is 4.90 Å². The Bertz CT molecular complexity index is 324. The monoisotopic (exact) mass is 235 g/mol. The van der Waals surface area contributed by atoms with Gasteiger partial charge in [-0.1, -0.05) is 30.3 Å². The third-order valence-corrected chi connectivity index (χ3v) is 2.52. The molecule has 3 nitrogen and oxygen atoms in total. The van der Waals surface area contributed by atoms with Gasteiger partial charge in [-0.25, -0.2) is 0 Å². The molecule has 0 aliphatic heterocycles. The van der Waals surface area contributed by atoms with Crippen LogP contribution >= 0.6 is 0 Å². The molecule has 0 radical (unpaired) electrons. The van der Waals surface area contributed by atoms with E-state index >= 15 is 0 Å². The zero-order valence-corrected chi connectivity index (χ0v) is 10.7. The summed E-state index contributed by atoms with van der Waals surface area (Å²) in [6, 6.07) is 10.3. The zero-order chi connectivity index (χ0) is 12.5. The molecule has 94 valence electrons. The van der Waals surface area contributed by atoms with Crippen molar-refractivity contribution in [3.8, 4) is 0 Å². The smallest absolute Gasteiger partial charge is 0.305 e. The molecular weight excluding hydrogens is 214 g/mol. The molecule has 1 rings (SSSR count). The summed E-state index contributed by atoms with van der Waals surface area (Å²) in [7, 11) is 2.07. The Morgan fingerprint density at radius 3 is 2.65 bits per heavy atom. The number of benzene rings is 1. The van der Waals surface area contributed by atoms with Crippen molar-refractivity contribution < 1.29 is 9.53 Å². The summed E-state index contributed by atoms with van der Waals surface area (Å²) < 4.78 is 4.88. The van der Waals surface area contributed by atoms with E-state index < -0.39 is 0 Å². The lowest BCUT2D eigenvalue weighted by Crippen LogP contribution is -2.20. The Morgan fingerprint density at radius 2 is 2.00 bits per heavy atom. The second kappa shape index (κ2) is 7.85. The Morgan fingerprint density at radius 1 is 1.29 bits per heavy atom. The lowest BCUT2D eigenvalue weighted by atomic mass is 10.2. The fourth-order valence-electron chi connectivity index (χ4n) is 1.70. The van der Waals surface area contributed by atoms with E-state index in [1.807, 2.05) is 25.1 Å². The first kappa shape index (κ1) is 13.7. The van der Waals surface area contributed by atoms with Crippen molar-refractivity contribution in [3.05, 3.63) is 35.9 Å². The van der Waals surface area contributed by atoms with Gasteiger partial charge in [0.05, 0.1) is 6.61 Å². The van der Waals surface area contributed by atoms with Crippen molar-refractivity contribution in [2.24, 2.45) is 0 Å². The summed E-state index contributed by atoms with van der Waals surface area (Å²) in [5, 5.41) is 0. The van der Waals surface area contributed by atoms with Gasteiger partial charge in [0.1, 0.15) is 0 Å². The maximum atomic E-state index is 11.1. The predicted molar refractivity (Wildman–Crippen MR) is 68.6 cm³/mol. The molecule has 0 aromatic heterocycles. The largest absolute Gasteiger partial charge is 0.466 e. The minimum Gasteiger partial charge on any atom is -0.466 e. The Hall–Kier alpha value is -1.35. The Labute approximate surface area is 103 Å². The summed E-state index contributed by atoms with van der Waals surface area (Å²) in [6.45, 7) is 4.13. The van der Waals surface area contributed by atoms with E-state index in [4.69, 9.17) is 4.74 Å². The van der Waals surface area contributed by atoms with Crippen LogP contribution < -0.4 is 0 Å². The van der Waals surface area contributed by atoms with E-state index in [1.165, 1.54) is 5.56 Å². The van der Waals surface area contributed by atoms with Crippen LogP contribution in [0.1, 0.15) is 25.3 Å². The molecular formula is C14H21NO2. The van der Waals surface area contributed by atoms with Crippen molar-refractivity contribution in [2.75, 3.05) is 20.2 Å². The summed E-state index contributed by atoms with van der Waals surface area (Å²) in [5.74, 6) is -0.0967. The standard InChI is InChI=1S/C14H21NO2/c1-3-17-14(16)10-7-11-15(2)12-13-8-5-4-6-9-13/h4-6,8-9H,3,7,10-12H2,1-2H3. The maximum absolute atomic E-state index is 11.1. The highest BCUT2D eigenvalue weighted by molar-refractivity contribution is 5.69. The van der Waals surface area contributed by atoms with Crippen LogP contribution in [0, 0.1) is 0 Å². The van der Waals surface area contributed by atoms with E-state index in [0.29, 0.717) is 13.0 Å². The number of carbonyl (C=O) groups excluding carboxylic acids is 1. The quantitative estimate of drug-likeness (QED) is 0.680. The molecule has 17 heavy (non-hydrogen) atoms. The van der Waals surface area contributed by atoms with Gasteiger partial charge in [-0.15, -0.1) is 0 Å². The number of nitrogens with zero attached hydrogens (tertiary/aromatic N) is 1. The first-order valence-electron chi connectivity index (χ1n) is 6.10. The minimum atomic E-state index is -0.0967. The van der Waals surface area contributed by atoms with Crippen molar-refractivity contribution in [2.45, 2.75) is 26.3 Å². The molecule has 3 heteroatoms. The lowest BCUT2D eigenvalue weighted by molar-refractivity contribution is -0.143. The predicted octanol–water partition coefficient (Wildman–Crippen LogP) is 2.46. The SMILES string of the molecule is CCOC(=O)CCCN(C)Cc1ccccc1. The first-order valence-corrected chi connectivity index (χ1v) is 6.10. The summed E-state index contributed by atoms with van der Waals surface area (Å²) in [5.41, 5.74) is 1.30. The molecule has 0 saturated heterocycles. The summed E-state index contributed by atoms with van der Waals surface area (Å²) in [6.07, 6.45) is 1.36. The van der Waals surface area contributed by atoms with E-state index in [-0.39, 0.29) is 5.97 Å². The van der Waals surface area contributed by atoms with Gasteiger partial charge in [-0.2, -0.15) is 0 Å². The number of esters is 1. The van der Waals surface area contributed by atoms with Gasteiger partial charge in [0.25, 0.3) is 0 Å². The Balaban J connectivity index is 2.17. The van der Waals surface area contributed by atoms with Crippen LogP contribution in [0.5, 0.6) is 0 Å². The van der Waals surface area contributed by atoms with Crippen LogP contribution in [-0.2, 0) is 16.1 Å². The topological polar surface area (TPSA) is 29.5 Å². The van der Waals surface area contributed by atoms with Gasteiger partial charge < -0.3 is 9.64 Å². The van der Waals surface area contributed by atoms with Gasteiger partial charge in [0.15, 0.2) is 0 Å². The van der Waals surface area contributed by atoms with E-state index in [9.17, 15) is 4.79 Å². The molecule has 1 aromatic rings. The fraction of sp³-hybridized carbons (Fsp3) is 0.500. The van der Waals surface area contributed by atoms with Gasteiger partial charge in [-0.05, 0) is 32.5 Å². The molecule has 0 N–H and O–H groups in total. The van der Waals surface area contributed by atoms with Crippen LogP contribution in [-0.4, -0.2) is 31.1 Å². The highest BCUT2D eigenvalue weighted by atomic mass is 16.5.